The first-order valence-electron chi connectivity index (χ1n) is 9.61. The summed E-state index contributed by atoms with van der Waals surface area (Å²) in [5.74, 6) is -2.21. The molecule has 1 aliphatic carbocycles. The fraction of sp³-hybridized carbons (Fsp3) is 0.500. The normalized spacial score (nSPS) is 25.6. The molecule has 30 heavy (non-hydrogen) atoms. The van der Waals surface area contributed by atoms with Crippen molar-refractivity contribution in [1.29, 1.82) is 0 Å². The fourth-order valence-corrected chi connectivity index (χ4v) is 4.88. The number of hydrogen-bond acceptors (Lipinski definition) is 6. The van der Waals surface area contributed by atoms with Crippen LogP contribution in [-0.2, 0) is 23.9 Å². The highest BCUT2D eigenvalue weighted by Crippen LogP contribution is 2.43. The number of anilines is 1. The van der Waals surface area contributed by atoms with Crippen LogP contribution in [0.2, 0.25) is 0 Å². The maximum Gasteiger partial charge on any atom is 0.326 e. The fourth-order valence-electron chi connectivity index (χ4n) is 3.64. The number of carbonyl (C=O) groups excluding carboxylic acids is 4. The second kappa shape index (κ2) is 9.91. The van der Waals surface area contributed by atoms with Crippen molar-refractivity contribution in [2.75, 3.05) is 25.1 Å². The molecule has 1 aromatic carbocycles. The first kappa shape index (κ1) is 22.7. The summed E-state index contributed by atoms with van der Waals surface area (Å²) < 4.78 is 10.3. The van der Waals surface area contributed by atoms with Crippen LogP contribution in [0.1, 0.15) is 19.8 Å². The molecule has 3 amide bonds. The summed E-state index contributed by atoms with van der Waals surface area (Å²) in [5.41, 5.74) is 0.530. The van der Waals surface area contributed by atoms with Crippen molar-refractivity contribution >= 4 is 61.2 Å². The van der Waals surface area contributed by atoms with E-state index in [2.05, 4.69) is 37.2 Å². The molecule has 2 fully saturated rings. The van der Waals surface area contributed by atoms with Gasteiger partial charge in [0.1, 0.15) is 12.3 Å². The zero-order valence-corrected chi connectivity index (χ0v) is 19.5. The number of alkyl halides is 2. The first-order valence-corrected chi connectivity index (χ1v) is 11.4. The number of fused-ring (bicyclic) bond motifs is 1. The van der Waals surface area contributed by atoms with Gasteiger partial charge in [-0.3, -0.25) is 24.1 Å². The highest BCUT2D eigenvalue weighted by Gasteiger charge is 2.52. The third-order valence-electron chi connectivity index (χ3n) is 5.10. The van der Waals surface area contributed by atoms with E-state index in [9.17, 15) is 19.2 Å². The van der Waals surface area contributed by atoms with Crippen molar-refractivity contribution in [2.24, 2.45) is 11.8 Å². The number of likely N-dealkylation sites (tertiary alicyclic amines) is 1. The standard InChI is InChI=1S/C20H22Br2N2O6/c1-2-29-12-5-3-11(4-6-12)23-17(25)10-30-18(26)9-24-19(27)13-7-15(21)16(22)8-14(13)20(24)28/h3-6,13-16H,2,7-10H2,1H3,(H,23,25)/t13-,14-,15+,16+/m1/s1. The van der Waals surface area contributed by atoms with Gasteiger partial charge in [-0.05, 0) is 44.0 Å². The Hall–Kier alpha value is -1.94. The van der Waals surface area contributed by atoms with Crippen LogP contribution >= 0.6 is 31.9 Å². The van der Waals surface area contributed by atoms with Crippen molar-refractivity contribution in [1.82, 2.24) is 4.90 Å². The summed E-state index contributed by atoms with van der Waals surface area (Å²) in [4.78, 5) is 50.4. The molecule has 1 aliphatic heterocycles. The molecule has 8 nitrogen and oxygen atoms in total. The zero-order valence-electron chi connectivity index (χ0n) is 16.3. The Morgan fingerprint density at radius 2 is 1.63 bits per heavy atom. The van der Waals surface area contributed by atoms with Gasteiger partial charge in [0.05, 0.1) is 18.4 Å². The lowest BCUT2D eigenvalue weighted by Crippen LogP contribution is -2.37. The number of benzene rings is 1. The lowest BCUT2D eigenvalue weighted by atomic mass is 9.81. The predicted molar refractivity (Wildman–Crippen MR) is 116 cm³/mol. The molecule has 162 valence electrons. The molecule has 1 aromatic rings. The number of imide groups is 1. The van der Waals surface area contributed by atoms with Crippen LogP contribution in [0.25, 0.3) is 0 Å². The van der Waals surface area contributed by atoms with Gasteiger partial charge in [0, 0.05) is 15.3 Å². The van der Waals surface area contributed by atoms with Crippen LogP contribution in [0.4, 0.5) is 5.69 Å². The van der Waals surface area contributed by atoms with Crippen LogP contribution in [0.3, 0.4) is 0 Å². The summed E-state index contributed by atoms with van der Waals surface area (Å²) in [6.45, 7) is 1.42. The molecule has 10 heteroatoms. The summed E-state index contributed by atoms with van der Waals surface area (Å²) in [6, 6.07) is 6.76. The van der Waals surface area contributed by atoms with Crippen LogP contribution in [0.15, 0.2) is 24.3 Å². The van der Waals surface area contributed by atoms with Gasteiger partial charge in [-0.1, -0.05) is 31.9 Å². The van der Waals surface area contributed by atoms with E-state index in [0.717, 1.165) is 4.90 Å². The molecule has 1 saturated carbocycles. The highest BCUT2D eigenvalue weighted by molar-refractivity contribution is 9.12. The van der Waals surface area contributed by atoms with E-state index >= 15 is 0 Å². The van der Waals surface area contributed by atoms with Gasteiger partial charge in [-0.2, -0.15) is 0 Å². The summed E-state index contributed by atoms with van der Waals surface area (Å²) in [7, 11) is 0. The first-order chi connectivity index (χ1) is 14.3. The summed E-state index contributed by atoms with van der Waals surface area (Å²) in [6.07, 6.45) is 1.06. The number of hydrogen-bond donors (Lipinski definition) is 1. The summed E-state index contributed by atoms with van der Waals surface area (Å²) in [5, 5.41) is 2.60. The van der Waals surface area contributed by atoms with E-state index in [1.165, 1.54) is 0 Å². The number of ether oxygens (including phenoxy) is 2. The average Bonchev–Trinajstić information content (AvgIpc) is 2.93. The Bertz CT molecular complexity index is 803. The highest BCUT2D eigenvalue weighted by atomic mass is 79.9. The molecule has 0 spiro atoms. The molecule has 0 radical (unpaired) electrons. The second-order valence-electron chi connectivity index (χ2n) is 7.15. The van der Waals surface area contributed by atoms with Gasteiger partial charge < -0.3 is 14.8 Å². The van der Waals surface area contributed by atoms with Crippen LogP contribution in [-0.4, -0.2) is 58.0 Å². The Labute approximate surface area is 190 Å². The van der Waals surface area contributed by atoms with E-state index < -0.39 is 36.9 Å². The predicted octanol–water partition coefficient (Wildman–Crippen LogP) is 2.49. The molecule has 4 atom stereocenters. The van der Waals surface area contributed by atoms with Crippen molar-refractivity contribution in [2.45, 2.75) is 29.4 Å². The smallest absolute Gasteiger partial charge is 0.326 e. The van der Waals surface area contributed by atoms with Gasteiger partial charge in [0.2, 0.25) is 11.8 Å². The van der Waals surface area contributed by atoms with Crippen molar-refractivity contribution in [3.05, 3.63) is 24.3 Å². The largest absolute Gasteiger partial charge is 0.494 e. The number of esters is 1. The minimum atomic E-state index is -0.803. The minimum Gasteiger partial charge on any atom is -0.494 e. The molecule has 1 heterocycles. The molecule has 1 N–H and O–H groups in total. The Balaban J connectivity index is 1.48. The number of halogens is 2. The molecule has 0 bridgehead atoms. The van der Waals surface area contributed by atoms with E-state index in [1.807, 2.05) is 6.92 Å². The van der Waals surface area contributed by atoms with E-state index in [1.54, 1.807) is 24.3 Å². The molecule has 3 rings (SSSR count). The third kappa shape index (κ3) is 5.21. The van der Waals surface area contributed by atoms with Gasteiger partial charge >= 0.3 is 5.97 Å². The monoisotopic (exact) mass is 544 g/mol. The van der Waals surface area contributed by atoms with Crippen molar-refractivity contribution in [3.63, 3.8) is 0 Å². The van der Waals surface area contributed by atoms with E-state index in [0.29, 0.717) is 30.9 Å². The van der Waals surface area contributed by atoms with E-state index in [-0.39, 0.29) is 21.5 Å². The molecule has 0 unspecified atom stereocenters. The lowest BCUT2D eigenvalue weighted by Gasteiger charge is -2.29. The van der Waals surface area contributed by atoms with Gasteiger partial charge in [0.25, 0.3) is 5.91 Å². The Kier molecular flexibility index (Phi) is 7.51. The number of carbonyl (C=O) groups is 4. The topological polar surface area (TPSA) is 102 Å². The second-order valence-corrected chi connectivity index (χ2v) is 9.50. The molecule has 2 aliphatic rings. The molecule has 1 saturated heterocycles. The van der Waals surface area contributed by atoms with Crippen LogP contribution in [0, 0.1) is 11.8 Å². The maximum absolute atomic E-state index is 12.6. The van der Waals surface area contributed by atoms with Gasteiger partial charge in [-0.15, -0.1) is 0 Å². The number of rotatable bonds is 7. The quantitative estimate of drug-likeness (QED) is 0.321. The zero-order chi connectivity index (χ0) is 21.8. The van der Waals surface area contributed by atoms with Crippen molar-refractivity contribution in [3.8, 4) is 5.75 Å². The average molecular weight is 546 g/mol. The number of nitrogens with zero attached hydrogens (tertiary/aromatic N) is 1. The Morgan fingerprint density at radius 3 is 2.17 bits per heavy atom. The SMILES string of the molecule is CCOc1ccc(NC(=O)COC(=O)CN2C(=O)[C@@H]3C[C@H](Br)[C@@H](Br)C[C@H]3C2=O)cc1. The molecule has 0 aromatic heterocycles. The van der Waals surface area contributed by atoms with Crippen LogP contribution < -0.4 is 10.1 Å². The summed E-state index contributed by atoms with van der Waals surface area (Å²) >= 11 is 7.03. The lowest BCUT2D eigenvalue weighted by molar-refractivity contribution is -0.154. The van der Waals surface area contributed by atoms with Crippen LogP contribution in [0.5, 0.6) is 5.75 Å². The number of amides is 3. The minimum absolute atomic E-state index is 0.0914. The molecular weight excluding hydrogens is 524 g/mol. The van der Waals surface area contributed by atoms with Gasteiger partial charge in [-0.25, -0.2) is 0 Å². The van der Waals surface area contributed by atoms with E-state index in [4.69, 9.17) is 9.47 Å². The maximum atomic E-state index is 12.6. The number of nitrogens with one attached hydrogen (secondary N) is 1. The van der Waals surface area contributed by atoms with Crippen molar-refractivity contribution < 1.29 is 28.7 Å². The van der Waals surface area contributed by atoms with Gasteiger partial charge in [0.15, 0.2) is 6.61 Å². The Morgan fingerprint density at radius 1 is 1.07 bits per heavy atom. The molecular formula is C20H22Br2N2O6. The third-order valence-corrected chi connectivity index (χ3v) is 7.84.